The molecule has 0 amide bonds. The van der Waals surface area contributed by atoms with Crippen LogP contribution in [0.3, 0.4) is 0 Å². The van der Waals surface area contributed by atoms with Crippen LogP contribution in [0.25, 0.3) is 116 Å². The Morgan fingerprint density at radius 2 is 0.857 bits per heavy atom. The molecule has 0 spiro atoms. The summed E-state index contributed by atoms with van der Waals surface area (Å²) in [5.74, 6) is 1.83. The van der Waals surface area contributed by atoms with Crippen LogP contribution >= 0.6 is 0 Å². The van der Waals surface area contributed by atoms with Crippen molar-refractivity contribution >= 4 is 76.1 Å². The van der Waals surface area contributed by atoms with Gasteiger partial charge < -0.3 is 8.98 Å². The van der Waals surface area contributed by atoms with Gasteiger partial charge in [0.1, 0.15) is 11.2 Å². The summed E-state index contributed by atoms with van der Waals surface area (Å²) >= 11 is 0. The quantitative estimate of drug-likeness (QED) is 0.182. The average molecular weight is 715 g/mol. The maximum absolute atomic E-state index is 6.57. The van der Waals surface area contributed by atoms with Gasteiger partial charge in [-0.05, 0) is 93.0 Å². The van der Waals surface area contributed by atoms with Crippen LogP contribution in [-0.4, -0.2) is 19.5 Å². The van der Waals surface area contributed by atoms with Crippen LogP contribution < -0.4 is 0 Å². The number of fused-ring (bicyclic) bond motifs is 9. The lowest BCUT2D eigenvalue weighted by molar-refractivity contribution is 0.669. The smallest absolute Gasteiger partial charge is 0.164 e. The molecule has 0 unspecified atom stereocenters. The van der Waals surface area contributed by atoms with Crippen molar-refractivity contribution in [3.8, 4) is 39.9 Å². The van der Waals surface area contributed by atoms with E-state index < -0.39 is 0 Å². The molecule has 0 aliphatic rings. The molecule has 5 nitrogen and oxygen atoms in total. The first-order valence-electron chi connectivity index (χ1n) is 18.8. The van der Waals surface area contributed by atoms with Crippen molar-refractivity contribution in [2.24, 2.45) is 0 Å². The van der Waals surface area contributed by atoms with E-state index in [0.717, 1.165) is 55.1 Å². The van der Waals surface area contributed by atoms with Crippen LogP contribution in [0.15, 0.2) is 186 Å². The molecule has 0 N–H and O–H groups in total. The van der Waals surface area contributed by atoms with E-state index in [0.29, 0.717) is 17.5 Å². The highest BCUT2D eigenvalue weighted by Crippen LogP contribution is 2.38. The molecule has 0 aliphatic carbocycles. The van der Waals surface area contributed by atoms with E-state index in [1.165, 1.54) is 43.4 Å². The van der Waals surface area contributed by atoms with Gasteiger partial charge in [-0.25, -0.2) is 15.0 Å². The largest absolute Gasteiger partial charge is 0.456 e. The van der Waals surface area contributed by atoms with Crippen LogP contribution in [0.4, 0.5) is 0 Å². The van der Waals surface area contributed by atoms with Crippen molar-refractivity contribution in [3.05, 3.63) is 182 Å². The SMILES string of the molecule is c1ccc2cc(-c3nc(-c4ccc5ccccc5c4)nc(-c4ccc5c(c4)oc4ccc(-n6c7ccccc7c7cc8ccccc8cc76)cc45)n3)ccc2c1. The number of para-hydroxylation sites is 1. The molecule has 0 aliphatic heterocycles. The minimum absolute atomic E-state index is 0.590. The van der Waals surface area contributed by atoms with Crippen LogP contribution in [-0.2, 0) is 0 Å². The maximum Gasteiger partial charge on any atom is 0.164 e. The Kier molecular flexibility index (Phi) is 6.56. The molecule has 0 saturated heterocycles. The number of aromatic nitrogens is 4. The second-order valence-corrected chi connectivity index (χ2v) is 14.5. The Labute approximate surface area is 320 Å². The Balaban J connectivity index is 1.01. The van der Waals surface area contributed by atoms with Crippen LogP contribution in [0.2, 0.25) is 0 Å². The van der Waals surface area contributed by atoms with E-state index in [-0.39, 0.29) is 0 Å². The van der Waals surface area contributed by atoms with Crippen molar-refractivity contribution in [1.29, 1.82) is 0 Å². The molecule has 0 atom stereocenters. The minimum Gasteiger partial charge on any atom is -0.456 e. The molecule has 0 saturated carbocycles. The number of furan rings is 1. The number of nitrogens with zero attached hydrogens (tertiary/aromatic N) is 4. The summed E-state index contributed by atoms with van der Waals surface area (Å²) in [7, 11) is 0. The number of hydrogen-bond donors (Lipinski definition) is 0. The second-order valence-electron chi connectivity index (χ2n) is 14.5. The normalized spacial score (nSPS) is 11.9. The van der Waals surface area contributed by atoms with E-state index in [1.54, 1.807) is 0 Å². The molecule has 0 radical (unpaired) electrons. The first-order chi connectivity index (χ1) is 27.7. The van der Waals surface area contributed by atoms with E-state index >= 15 is 0 Å². The summed E-state index contributed by atoms with van der Waals surface area (Å²) in [6.07, 6.45) is 0. The second kappa shape index (κ2) is 11.9. The predicted octanol–water partition coefficient (Wildman–Crippen LogP) is 13.3. The Bertz CT molecular complexity index is 3460. The molecule has 56 heavy (non-hydrogen) atoms. The molecule has 12 rings (SSSR count). The zero-order valence-corrected chi connectivity index (χ0v) is 30.0. The van der Waals surface area contributed by atoms with Gasteiger partial charge in [-0.2, -0.15) is 0 Å². The highest BCUT2D eigenvalue weighted by molar-refractivity contribution is 6.14. The van der Waals surface area contributed by atoms with Crippen molar-refractivity contribution < 1.29 is 4.42 Å². The first-order valence-corrected chi connectivity index (χ1v) is 18.8. The third-order valence-corrected chi connectivity index (χ3v) is 11.2. The molecule has 0 fully saturated rings. The molecular weight excluding hydrogens is 685 g/mol. The summed E-state index contributed by atoms with van der Waals surface area (Å²) in [6.45, 7) is 0. The molecule has 0 bridgehead atoms. The summed E-state index contributed by atoms with van der Waals surface area (Å²) in [6, 6.07) is 64.1. The number of rotatable bonds is 4. The van der Waals surface area contributed by atoms with Crippen molar-refractivity contribution in [3.63, 3.8) is 0 Å². The average Bonchev–Trinajstić information content (AvgIpc) is 3.79. The molecule has 5 heteroatoms. The van der Waals surface area contributed by atoms with Gasteiger partial charge >= 0.3 is 0 Å². The zero-order valence-electron chi connectivity index (χ0n) is 30.0. The number of hydrogen-bond acceptors (Lipinski definition) is 4. The lowest BCUT2D eigenvalue weighted by Crippen LogP contribution is -2.00. The Morgan fingerprint density at radius 1 is 0.321 bits per heavy atom. The fourth-order valence-corrected chi connectivity index (χ4v) is 8.40. The molecule has 12 aromatic rings. The predicted molar refractivity (Wildman–Crippen MR) is 230 cm³/mol. The van der Waals surface area contributed by atoms with E-state index in [1.807, 2.05) is 0 Å². The molecular formula is C51H30N4O. The minimum atomic E-state index is 0.590. The Morgan fingerprint density at radius 3 is 1.52 bits per heavy atom. The number of benzene rings is 9. The van der Waals surface area contributed by atoms with Crippen LogP contribution in [0.5, 0.6) is 0 Å². The summed E-state index contributed by atoms with van der Waals surface area (Å²) in [4.78, 5) is 15.2. The summed E-state index contributed by atoms with van der Waals surface area (Å²) in [5.41, 5.74) is 7.78. The van der Waals surface area contributed by atoms with Crippen molar-refractivity contribution in [2.45, 2.75) is 0 Å². The van der Waals surface area contributed by atoms with Gasteiger partial charge in [0.25, 0.3) is 0 Å². The van der Waals surface area contributed by atoms with Gasteiger partial charge in [0.05, 0.1) is 11.0 Å². The lowest BCUT2D eigenvalue weighted by Gasteiger charge is -2.10. The van der Waals surface area contributed by atoms with Gasteiger partial charge in [0, 0.05) is 43.9 Å². The van der Waals surface area contributed by atoms with E-state index in [4.69, 9.17) is 19.4 Å². The van der Waals surface area contributed by atoms with Gasteiger partial charge in [0.15, 0.2) is 17.5 Å². The third-order valence-electron chi connectivity index (χ3n) is 11.2. The molecule has 260 valence electrons. The van der Waals surface area contributed by atoms with Crippen molar-refractivity contribution in [1.82, 2.24) is 19.5 Å². The highest BCUT2D eigenvalue weighted by Gasteiger charge is 2.18. The molecule has 3 heterocycles. The van der Waals surface area contributed by atoms with E-state index in [9.17, 15) is 0 Å². The van der Waals surface area contributed by atoms with Crippen LogP contribution in [0, 0.1) is 0 Å². The molecule has 9 aromatic carbocycles. The van der Waals surface area contributed by atoms with Crippen LogP contribution in [0.1, 0.15) is 0 Å². The van der Waals surface area contributed by atoms with E-state index in [2.05, 4.69) is 187 Å². The fraction of sp³-hybridized carbons (Fsp3) is 0. The van der Waals surface area contributed by atoms with Gasteiger partial charge in [-0.1, -0.05) is 121 Å². The monoisotopic (exact) mass is 714 g/mol. The summed E-state index contributed by atoms with van der Waals surface area (Å²) in [5, 5.41) is 11.6. The van der Waals surface area contributed by atoms with Gasteiger partial charge in [-0.3, -0.25) is 0 Å². The fourth-order valence-electron chi connectivity index (χ4n) is 8.40. The maximum atomic E-state index is 6.57. The first kappa shape index (κ1) is 30.8. The third kappa shape index (κ3) is 4.84. The van der Waals surface area contributed by atoms with Gasteiger partial charge in [-0.15, -0.1) is 0 Å². The topological polar surface area (TPSA) is 56.7 Å². The van der Waals surface area contributed by atoms with Gasteiger partial charge in [0.2, 0.25) is 0 Å². The standard InChI is InChI=1S/C51H30N4O/c1-3-11-33-25-37(19-17-31(33)9-1)49-52-50(38-20-18-32-10-2-4-12-34(32)26-38)54-51(53-49)39-21-23-42-44-30-40(22-24-47(44)56-48(42)29-39)55-45-16-8-7-15-41(45)43-27-35-13-5-6-14-36(35)28-46(43)55/h1-30H. The lowest BCUT2D eigenvalue weighted by atomic mass is 10.1. The molecule has 3 aromatic heterocycles. The Hall–Kier alpha value is -7.63. The summed E-state index contributed by atoms with van der Waals surface area (Å²) < 4.78 is 8.94. The zero-order chi connectivity index (χ0) is 36.7. The highest BCUT2D eigenvalue weighted by atomic mass is 16.3. The van der Waals surface area contributed by atoms with Crippen molar-refractivity contribution in [2.75, 3.05) is 0 Å².